The number of nitrogens with zero attached hydrogens (tertiary/aromatic N) is 3. The minimum Gasteiger partial charge on any atom is -0.462 e. The molecule has 31 heavy (non-hydrogen) atoms. The first kappa shape index (κ1) is 20.3. The minimum atomic E-state index is -0.389. The monoisotopic (exact) mass is 414 g/mol. The standard InChI is InChI=1S/C24H22N4O3/c1-3-31-24(30)18-8-11-20(12-9-18)25-23(29)19-10-13-22-21(14-19)26-27-28(22)15-17-6-4-16(2)5-7-17/h4-14H,3,15H2,1-2H3,(H,25,29). The summed E-state index contributed by atoms with van der Waals surface area (Å²) in [4.78, 5) is 24.4. The number of hydrogen-bond acceptors (Lipinski definition) is 5. The van der Waals surface area contributed by atoms with Gasteiger partial charge in [0.05, 0.1) is 24.2 Å². The second-order valence-corrected chi connectivity index (χ2v) is 7.19. The number of carbonyl (C=O) groups is 2. The lowest BCUT2D eigenvalue weighted by Crippen LogP contribution is -2.12. The molecule has 3 aromatic carbocycles. The van der Waals surface area contributed by atoms with Crippen molar-refractivity contribution in [1.29, 1.82) is 0 Å². The number of amides is 1. The third kappa shape index (κ3) is 4.61. The number of aromatic nitrogens is 3. The van der Waals surface area contributed by atoms with E-state index in [1.54, 1.807) is 43.3 Å². The topological polar surface area (TPSA) is 86.1 Å². The molecule has 1 heterocycles. The Morgan fingerprint density at radius 3 is 2.39 bits per heavy atom. The number of nitrogens with one attached hydrogen (secondary N) is 1. The maximum absolute atomic E-state index is 12.7. The van der Waals surface area contributed by atoms with Crippen LogP contribution in [0.3, 0.4) is 0 Å². The van der Waals surface area contributed by atoms with Gasteiger partial charge in [0.1, 0.15) is 5.52 Å². The summed E-state index contributed by atoms with van der Waals surface area (Å²) >= 11 is 0. The highest BCUT2D eigenvalue weighted by molar-refractivity contribution is 6.06. The van der Waals surface area contributed by atoms with Crippen molar-refractivity contribution in [3.63, 3.8) is 0 Å². The number of fused-ring (bicyclic) bond motifs is 1. The third-order valence-electron chi connectivity index (χ3n) is 4.88. The average molecular weight is 414 g/mol. The Hall–Kier alpha value is -4.00. The summed E-state index contributed by atoms with van der Waals surface area (Å²) in [5.74, 6) is -0.654. The molecule has 0 aliphatic heterocycles. The van der Waals surface area contributed by atoms with E-state index < -0.39 is 0 Å². The van der Waals surface area contributed by atoms with E-state index >= 15 is 0 Å². The van der Waals surface area contributed by atoms with Crippen LogP contribution in [0, 0.1) is 6.92 Å². The molecule has 0 fully saturated rings. The van der Waals surface area contributed by atoms with E-state index in [1.807, 2.05) is 10.7 Å². The molecule has 0 aliphatic carbocycles. The summed E-state index contributed by atoms with van der Waals surface area (Å²) in [5, 5.41) is 11.3. The van der Waals surface area contributed by atoms with Gasteiger partial charge in [-0.15, -0.1) is 5.10 Å². The second-order valence-electron chi connectivity index (χ2n) is 7.19. The van der Waals surface area contributed by atoms with Crippen LogP contribution in [0.2, 0.25) is 0 Å². The van der Waals surface area contributed by atoms with E-state index in [0.29, 0.717) is 35.5 Å². The van der Waals surface area contributed by atoms with Crippen LogP contribution in [0.1, 0.15) is 38.8 Å². The van der Waals surface area contributed by atoms with E-state index in [1.165, 1.54) is 5.56 Å². The molecule has 0 radical (unpaired) electrons. The highest BCUT2D eigenvalue weighted by Crippen LogP contribution is 2.17. The molecule has 0 atom stereocenters. The fourth-order valence-corrected chi connectivity index (χ4v) is 3.20. The van der Waals surface area contributed by atoms with E-state index in [9.17, 15) is 9.59 Å². The Bertz CT molecular complexity index is 1230. The second kappa shape index (κ2) is 8.79. The summed E-state index contributed by atoms with van der Waals surface area (Å²) in [6.07, 6.45) is 0. The molecule has 7 heteroatoms. The number of benzene rings is 3. The zero-order valence-corrected chi connectivity index (χ0v) is 17.3. The van der Waals surface area contributed by atoms with Crippen LogP contribution in [-0.2, 0) is 11.3 Å². The third-order valence-corrected chi connectivity index (χ3v) is 4.88. The smallest absolute Gasteiger partial charge is 0.338 e. The van der Waals surface area contributed by atoms with Crippen molar-refractivity contribution in [3.05, 3.63) is 89.0 Å². The van der Waals surface area contributed by atoms with Crippen LogP contribution in [-0.4, -0.2) is 33.5 Å². The number of aryl methyl sites for hydroxylation is 1. The number of anilines is 1. The fourth-order valence-electron chi connectivity index (χ4n) is 3.20. The summed E-state index contributed by atoms with van der Waals surface area (Å²) in [7, 11) is 0. The predicted octanol–water partition coefficient (Wildman–Crippen LogP) is 4.22. The van der Waals surface area contributed by atoms with Gasteiger partial charge in [0, 0.05) is 11.3 Å². The van der Waals surface area contributed by atoms with Crippen LogP contribution in [0.5, 0.6) is 0 Å². The average Bonchev–Trinajstić information content (AvgIpc) is 3.18. The maximum atomic E-state index is 12.7. The lowest BCUT2D eigenvalue weighted by molar-refractivity contribution is 0.0526. The Morgan fingerprint density at radius 2 is 1.68 bits per heavy atom. The van der Waals surface area contributed by atoms with Gasteiger partial charge in [-0.1, -0.05) is 35.0 Å². The van der Waals surface area contributed by atoms with Gasteiger partial charge in [0.2, 0.25) is 0 Å². The molecule has 4 aromatic rings. The Labute approximate surface area is 179 Å². The Balaban J connectivity index is 1.47. The van der Waals surface area contributed by atoms with Crippen LogP contribution >= 0.6 is 0 Å². The summed E-state index contributed by atoms with van der Waals surface area (Å²) < 4.78 is 6.78. The summed E-state index contributed by atoms with van der Waals surface area (Å²) in [6, 6.07) is 20.2. The van der Waals surface area contributed by atoms with Gasteiger partial charge in [-0.3, -0.25) is 4.79 Å². The van der Waals surface area contributed by atoms with Crippen molar-refractivity contribution in [1.82, 2.24) is 15.0 Å². The van der Waals surface area contributed by atoms with E-state index in [-0.39, 0.29) is 11.9 Å². The van der Waals surface area contributed by atoms with Gasteiger partial charge in [-0.05, 0) is 61.9 Å². The molecular weight excluding hydrogens is 392 g/mol. The molecule has 0 spiro atoms. The number of ether oxygens (including phenoxy) is 1. The predicted molar refractivity (Wildman–Crippen MR) is 118 cm³/mol. The van der Waals surface area contributed by atoms with Crippen LogP contribution in [0.15, 0.2) is 66.7 Å². The zero-order valence-electron chi connectivity index (χ0n) is 17.3. The fraction of sp³-hybridized carbons (Fsp3) is 0.167. The zero-order chi connectivity index (χ0) is 21.8. The molecule has 1 amide bonds. The SMILES string of the molecule is CCOC(=O)c1ccc(NC(=O)c2ccc3c(c2)nnn3Cc2ccc(C)cc2)cc1. The summed E-state index contributed by atoms with van der Waals surface area (Å²) in [5.41, 5.74) is 5.34. The van der Waals surface area contributed by atoms with Crippen molar-refractivity contribution >= 4 is 28.6 Å². The molecule has 1 aromatic heterocycles. The molecule has 7 nitrogen and oxygen atoms in total. The van der Waals surface area contributed by atoms with Crippen LogP contribution in [0.25, 0.3) is 11.0 Å². The Kier molecular flexibility index (Phi) is 5.75. The van der Waals surface area contributed by atoms with Crippen molar-refractivity contribution < 1.29 is 14.3 Å². The van der Waals surface area contributed by atoms with E-state index in [0.717, 1.165) is 11.1 Å². The van der Waals surface area contributed by atoms with Gasteiger partial charge in [0.15, 0.2) is 0 Å². The van der Waals surface area contributed by atoms with E-state index in [4.69, 9.17) is 4.74 Å². The molecule has 0 aliphatic rings. The van der Waals surface area contributed by atoms with Gasteiger partial charge in [0.25, 0.3) is 5.91 Å². The first-order valence-electron chi connectivity index (χ1n) is 10.0. The number of carbonyl (C=O) groups excluding carboxylic acids is 2. The molecule has 156 valence electrons. The molecule has 0 unspecified atom stereocenters. The van der Waals surface area contributed by atoms with E-state index in [2.05, 4.69) is 46.8 Å². The highest BCUT2D eigenvalue weighted by Gasteiger charge is 2.12. The molecular formula is C24H22N4O3. The maximum Gasteiger partial charge on any atom is 0.338 e. The highest BCUT2D eigenvalue weighted by atomic mass is 16.5. The van der Waals surface area contributed by atoms with Gasteiger partial charge < -0.3 is 10.1 Å². The van der Waals surface area contributed by atoms with Gasteiger partial charge in [-0.2, -0.15) is 0 Å². The molecule has 1 N–H and O–H groups in total. The quantitative estimate of drug-likeness (QED) is 0.478. The lowest BCUT2D eigenvalue weighted by Gasteiger charge is -2.07. The number of esters is 1. The van der Waals surface area contributed by atoms with Gasteiger partial charge in [-0.25, -0.2) is 9.48 Å². The molecule has 0 saturated carbocycles. The van der Waals surface area contributed by atoms with Crippen LogP contribution in [0.4, 0.5) is 5.69 Å². The van der Waals surface area contributed by atoms with Crippen molar-refractivity contribution in [2.45, 2.75) is 20.4 Å². The normalized spacial score (nSPS) is 10.8. The lowest BCUT2D eigenvalue weighted by atomic mass is 10.1. The van der Waals surface area contributed by atoms with Crippen LogP contribution < -0.4 is 5.32 Å². The first-order valence-corrected chi connectivity index (χ1v) is 10.0. The van der Waals surface area contributed by atoms with Gasteiger partial charge >= 0.3 is 5.97 Å². The van der Waals surface area contributed by atoms with Crippen molar-refractivity contribution in [2.75, 3.05) is 11.9 Å². The van der Waals surface area contributed by atoms with Crippen molar-refractivity contribution in [2.24, 2.45) is 0 Å². The van der Waals surface area contributed by atoms with Crippen molar-refractivity contribution in [3.8, 4) is 0 Å². The first-order chi connectivity index (χ1) is 15.0. The number of hydrogen-bond donors (Lipinski definition) is 1. The molecule has 0 bridgehead atoms. The largest absolute Gasteiger partial charge is 0.462 e. The number of rotatable bonds is 6. The Morgan fingerprint density at radius 1 is 0.968 bits per heavy atom. The summed E-state index contributed by atoms with van der Waals surface area (Å²) in [6.45, 7) is 4.73. The molecule has 4 rings (SSSR count). The molecule has 0 saturated heterocycles. The minimum absolute atomic E-state index is 0.265.